The Kier molecular flexibility index (Phi) is 5.62. The fourth-order valence-electron chi connectivity index (χ4n) is 1.75. The summed E-state index contributed by atoms with van der Waals surface area (Å²) in [5.41, 5.74) is 0. The van der Waals surface area contributed by atoms with Crippen LogP contribution in [-0.4, -0.2) is 49.0 Å². The molecule has 3 nitrogen and oxygen atoms in total. The van der Waals surface area contributed by atoms with Crippen LogP contribution in [0, 0.1) is 12.3 Å². The van der Waals surface area contributed by atoms with Gasteiger partial charge in [0.05, 0.1) is 12.7 Å². The maximum absolute atomic E-state index is 9.59. The van der Waals surface area contributed by atoms with Crippen molar-refractivity contribution >= 4 is 0 Å². The highest BCUT2D eigenvalue weighted by Gasteiger charge is 2.14. The van der Waals surface area contributed by atoms with E-state index in [1.807, 2.05) is 0 Å². The summed E-state index contributed by atoms with van der Waals surface area (Å²) in [5, 5.41) is 9.59. The van der Waals surface area contributed by atoms with E-state index in [-0.39, 0.29) is 6.61 Å². The molecule has 1 saturated heterocycles. The molecule has 0 unspecified atom stereocenters. The van der Waals surface area contributed by atoms with Crippen molar-refractivity contribution in [3.05, 3.63) is 0 Å². The molecule has 0 amide bonds. The lowest BCUT2D eigenvalue weighted by Crippen LogP contribution is -2.38. The standard InChI is InChI=1S/C11H19NO2/c1-2-8-14-10-11(13)9-12-6-4-3-5-7-12/h1,11,13H,3-10H2/t11-/m1/s1. The third-order valence-electron chi connectivity index (χ3n) is 2.41. The predicted octanol–water partition coefficient (Wildman–Crippen LogP) is 0.483. The summed E-state index contributed by atoms with van der Waals surface area (Å²) in [5.74, 6) is 2.38. The van der Waals surface area contributed by atoms with Crippen molar-refractivity contribution in [2.45, 2.75) is 25.4 Å². The molecule has 0 aromatic rings. The minimum atomic E-state index is -0.401. The van der Waals surface area contributed by atoms with Gasteiger partial charge in [-0.05, 0) is 25.9 Å². The molecule has 1 aliphatic rings. The third kappa shape index (κ3) is 4.61. The first kappa shape index (κ1) is 11.5. The zero-order valence-electron chi connectivity index (χ0n) is 8.61. The lowest BCUT2D eigenvalue weighted by molar-refractivity contribution is 0.0241. The first-order valence-corrected chi connectivity index (χ1v) is 5.24. The van der Waals surface area contributed by atoms with Gasteiger partial charge in [-0.25, -0.2) is 0 Å². The second kappa shape index (κ2) is 6.83. The zero-order chi connectivity index (χ0) is 10.2. The van der Waals surface area contributed by atoms with Crippen molar-refractivity contribution in [3.63, 3.8) is 0 Å². The second-order valence-electron chi connectivity index (χ2n) is 3.73. The molecular formula is C11H19NO2. The van der Waals surface area contributed by atoms with Crippen LogP contribution in [0.2, 0.25) is 0 Å². The van der Waals surface area contributed by atoms with Crippen molar-refractivity contribution in [3.8, 4) is 12.3 Å². The maximum Gasteiger partial charge on any atom is 0.107 e. The van der Waals surface area contributed by atoms with Crippen molar-refractivity contribution in [2.24, 2.45) is 0 Å². The largest absolute Gasteiger partial charge is 0.389 e. The molecule has 0 bridgehead atoms. The van der Waals surface area contributed by atoms with Gasteiger partial charge in [-0.2, -0.15) is 0 Å². The number of hydrogen-bond acceptors (Lipinski definition) is 3. The molecule has 1 aliphatic heterocycles. The van der Waals surface area contributed by atoms with E-state index in [1.165, 1.54) is 19.3 Å². The SMILES string of the molecule is C#CCOC[C@H](O)CN1CCCCC1. The Bertz CT molecular complexity index is 182. The number of aliphatic hydroxyl groups excluding tert-OH is 1. The molecule has 1 heterocycles. The van der Waals surface area contributed by atoms with E-state index in [0.29, 0.717) is 13.2 Å². The number of β-amino-alcohol motifs (C(OH)–C–C–N with tert-alkyl or cyclic N) is 1. The Balaban J connectivity index is 2.06. The van der Waals surface area contributed by atoms with Gasteiger partial charge in [-0.1, -0.05) is 12.3 Å². The van der Waals surface area contributed by atoms with Gasteiger partial charge in [0.25, 0.3) is 0 Å². The topological polar surface area (TPSA) is 32.7 Å². The molecule has 0 aromatic heterocycles. The lowest BCUT2D eigenvalue weighted by atomic mass is 10.1. The molecule has 3 heteroatoms. The predicted molar refractivity (Wildman–Crippen MR) is 55.9 cm³/mol. The molecule has 1 N–H and O–H groups in total. The van der Waals surface area contributed by atoms with Crippen molar-refractivity contribution in [2.75, 3.05) is 32.8 Å². The molecule has 14 heavy (non-hydrogen) atoms. The Hall–Kier alpha value is -0.560. The first-order valence-electron chi connectivity index (χ1n) is 5.24. The Labute approximate surface area is 86.0 Å². The van der Waals surface area contributed by atoms with Gasteiger partial charge in [0.15, 0.2) is 0 Å². The number of terminal acetylenes is 1. The molecule has 0 spiro atoms. The smallest absolute Gasteiger partial charge is 0.107 e. The summed E-state index contributed by atoms with van der Waals surface area (Å²) in [6.45, 7) is 3.56. The molecular weight excluding hydrogens is 178 g/mol. The first-order chi connectivity index (χ1) is 6.83. The molecule has 0 saturated carbocycles. The van der Waals surface area contributed by atoms with E-state index < -0.39 is 6.10 Å². The molecule has 0 aliphatic carbocycles. The fourth-order valence-corrected chi connectivity index (χ4v) is 1.75. The van der Waals surface area contributed by atoms with Gasteiger partial charge in [0.2, 0.25) is 0 Å². The minimum Gasteiger partial charge on any atom is -0.389 e. The highest BCUT2D eigenvalue weighted by molar-refractivity contribution is 4.83. The van der Waals surface area contributed by atoms with Gasteiger partial charge in [-0.3, -0.25) is 0 Å². The number of aliphatic hydroxyl groups is 1. The van der Waals surface area contributed by atoms with E-state index in [4.69, 9.17) is 11.2 Å². The Morgan fingerprint density at radius 2 is 2.07 bits per heavy atom. The number of nitrogens with zero attached hydrogens (tertiary/aromatic N) is 1. The summed E-state index contributed by atoms with van der Waals surface area (Å²) < 4.78 is 5.07. The van der Waals surface area contributed by atoms with Crippen LogP contribution in [0.5, 0.6) is 0 Å². The summed E-state index contributed by atoms with van der Waals surface area (Å²) in [4.78, 5) is 2.29. The highest BCUT2D eigenvalue weighted by atomic mass is 16.5. The molecule has 80 valence electrons. The van der Waals surface area contributed by atoms with Gasteiger partial charge in [0, 0.05) is 6.54 Å². The zero-order valence-corrected chi connectivity index (χ0v) is 8.61. The van der Waals surface area contributed by atoms with Crippen LogP contribution in [0.4, 0.5) is 0 Å². The Morgan fingerprint density at radius 1 is 1.36 bits per heavy atom. The van der Waals surface area contributed by atoms with E-state index in [1.54, 1.807) is 0 Å². The van der Waals surface area contributed by atoms with Crippen LogP contribution >= 0.6 is 0 Å². The molecule has 1 atom stereocenters. The minimum absolute atomic E-state index is 0.289. The highest BCUT2D eigenvalue weighted by Crippen LogP contribution is 2.08. The fraction of sp³-hybridized carbons (Fsp3) is 0.818. The van der Waals surface area contributed by atoms with Gasteiger partial charge in [0.1, 0.15) is 6.61 Å². The number of ether oxygens (including phenoxy) is 1. The molecule has 1 fully saturated rings. The number of piperidine rings is 1. The summed E-state index contributed by atoms with van der Waals surface area (Å²) in [6.07, 6.45) is 8.45. The van der Waals surface area contributed by atoms with E-state index in [9.17, 15) is 5.11 Å². The van der Waals surface area contributed by atoms with Gasteiger partial charge >= 0.3 is 0 Å². The molecule has 0 radical (unpaired) electrons. The summed E-state index contributed by atoms with van der Waals surface area (Å²) in [6, 6.07) is 0. The monoisotopic (exact) mass is 197 g/mol. The van der Waals surface area contributed by atoms with Gasteiger partial charge in [-0.15, -0.1) is 6.42 Å². The average Bonchev–Trinajstić information content (AvgIpc) is 2.20. The van der Waals surface area contributed by atoms with Crippen LogP contribution in [0.3, 0.4) is 0 Å². The quantitative estimate of drug-likeness (QED) is 0.514. The number of hydrogen-bond donors (Lipinski definition) is 1. The maximum atomic E-state index is 9.59. The molecule has 1 rings (SSSR count). The van der Waals surface area contributed by atoms with E-state index >= 15 is 0 Å². The van der Waals surface area contributed by atoms with Crippen LogP contribution < -0.4 is 0 Å². The average molecular weight is 197 g/mol. The van der Waals surface area contributed by atoms with Crippen molar-refractivity contribution in [1.29, 1.82) is 0 Å². The summed E-state index contributed by atoms with van der Waals surface area (Å²) >= 11 is 0. The summed E-state index contributed by atoms with van der Waals surface area (Å²) in [7, 11) is 0. The van der Waals surface area contributed by atoms with Crippen LogP contribution in [-0.2, 0) is 4.74 Å². The van der Waals surface area contributed by atoms with E-state index in [0.717, 1.165) is 13.1 Å². The van der Waals surface area contributed by atoms with Crippen molar-refractivity contribution in [1.82, 2.24) is 4.90 Å². The molecule has 0 aromatic carbocycles. The third-order valence-corrected chi connectivity index (χ3v) is 2.41. The van der Waals surface area contributed by atoms with Crippen LogP contribution in [0.15, 0.2) is 0 Å². The lowest BCUT2D eigenvalue weighted by Gasteiger charge is -2.28. The van der Waals surface area contributed by atoms with Gasteiger partial charge < -0.3 is 14.7 Å². The van der Waals surface area contributed by atoms with Crippen LogP contribution in [0.25, 0.3) is 0 Å². The number of rotatable bonds is 5. The normalized spacial score (nSPS) is 20.3. The Morgan fingerprint density at radius 3 is 2.71 bits per heavy atom. The second-order valence-corrected chi connectivity index (χ2v) is 3.73. The number of likely N-dealkylation sites (tertiary alicyclic amines) is 1. The van der Waals surface area contributed by atoms with Crippen LogP contribution in [0.1, 0.15) is 19.3 Å². The van der Waals surface area contributed by atoms with Crippen molar-refractivity contribution < 1.29 is 9.84 Å². The van der Waals surface area contributed by atoms with E-state index in [2.05, 4.69) is 10.8 Å².